The van der Waals surface area contributed by atoms with Gasteiger partial charge in [0.15, 0.2) is 0 Å². The molecule has 2 N–H and O–H groups in total. The van der Waals surface area contributed by atoms with E-state index in [-0.39, 0.29) is 41.5 Å². The average Bonchev–Trinajstić information content (AvgIpc) is 3.36. The van der Waals surface area contributed by atoms with Crippen LogP contribution in [0.2, 0.25) is 0 Å². The van der Waals surface area contributed by atoms with E-state index in [1.54, 1.807) is 19.2 Å². The highest BCUT2D eigenvalue weighted by Gasteiger charge is 2.59. The number of rotatable bonds is 2. The largest absolute Gasteiger partial charge is 0.341 e. The number of imide groups is 1. The van der Waals surface area contributed by atoms with Gasteiger partial charge in [-0.3, -0.25) is 9.59 Å². The van der Waals surface area contributed by atoms with E-state index in [0.717, 1.165) is 17.2 Å². The number of amides is 4. The van der Waals surface area contributed by atoms with Crippen LogP contribution in [0, 0.1) is 23.7 Å². The number of hydrogen-bond acceptors (Lipinski definition) is 3. The van der Waals surface area contributed by atoms with E-state index >= 15 is 0 Å². The third-order valence-electron chi connectivity index (χ3n) is 6.09. The minimum Gasteiger partial charge on any atom is -0.341 e. The van der Waals surface area contributed by atoms with Crippen LogP contribution in [0.4, 0.5) is 16.2 Å². The summed E-state index contributed by atoms with van der Waals surface area (Å²) in [7, 11) is 1.55. The number of urea groups is 1. The van der Waals surface area contributed by atoms with Crippen LogP contribution in [0.3, 0.4) is 0 Å². The number of carbonyl (C=O) groups excluding carboxylic acids is 3. The van der Waals surface area contributed by atoms with Gasteiger partial charge in [0.05, 0.1) is 23.2 Å². The summed E-state index contributed by atoms with van der Waals surface area (Å²) in [6.07, 6.45) is 5.10. The number of nitrogens with one attached hydrogen (secondary N) is 2. The maximum Gasteiger partial charge on any atom is 0.318 e. The highest BCUT2D eigenvalue weighted by Crippen LogP contribution is 2.53. The molecular formula is C21H19N3O3. The Kier molecular flexibility index (Phi) is 3.37. The van der Waals surface area contributed by atoms with Crippen molar-refractivity contribution in [1.82, 2.24) is 5.32 Å². The minimum atomic E-state index is -0.321. The average molecular weight is 361 g/mol. The summed E-state index contributed by atoms with van der Waals surface area (Å²) < 4.78 is 0. The number of hydrogen-bond donors (Lipinski definition) is 2. The fraction of sp³-hybridized carbons (Fsp3) is 0.286. The van der Waals surface area contributed by atoms with Gasteiger partial charge in [0, 0.05) is 17.8 Å². The predicted octanol–water partition coefficient (Wildman–Crippen LogP) is 2.90. The van der Waals surface area contributed by atoms with Gasteiger partial charge in [-0.05, 0) is 30.4 Å². The second-order valence-corrected chi connectivity index (χ2v) is 7.39. The number of allylic oxidation sites excluding steroid dienone is 2. The van der Waals surface area contributed by atoms with Gasteiger partial charge in [0.2, 0.25) is 11.8 Å². The van der Waals surface area contributed by atoms with Gasteiger partial charge < -0.3 is 10.6 Å². The SMILES string of the molecule is CNC(=O)Nc1ccc(N2C(=O)[C@@H]3[C@H](C2=O)[C@@H]2C=C[C@H]3C2)c2ccccc12. The van der Waals surface area contributed by atoms with Gasteiger partial charge in [0.25, 0.3) is 0 Å². The second-order valence-electron chi connectivity index (χ2n) is 7.39. The standard InChI is InChI=1S/C21H19N3O3/c1-22-21(27)23-15-8-9-16(14-5-3-2-4-13(14)15)24-19(25)17-11-6-7-12(10-11)18(17)20(24)26/h2-9,11-12,17-18H,10H2,1H3,(H2,22,23,27)/t11-,12+,17-,18+. The molecular weight excluding hydrogens is 342 g/mol. The van der Waals surface area contributed by atoms with Crippen molar-refractivity contribution in [2.45, 2.75) is 6.42 Å². The number of nitrogens with zero attached hydrogens (tertiary/aromatic N) is 1. The first kappa shape index (κ1) is 16.1. The van der Waals surface area contributed by atoms with E-state index in [0.29, 0.717) is 11.4 Å². The quantitative estimate of drug-likeness (QED) is 0.638. The molecule has 2 aliphatic carbocycles. The summed E-state index contributed by atoms with van der Waals surface area (Å²) >= 11 is 0. The summed E-state index contributed by atoms with van der Waals surface area (Å²) in [4.78, 5) is 39.4. The van der Waals surface area contributed by atoms with Gasteiger partial charge in [-0.1, -0.05) is 36.4 Å². The molecule has 2 aromatic rings. The molecule has 136 valence electrons. The van der Waals surface area contributed by atoms with Crippen molar-refractivity contribution in [3.05, 3.63) is 48.6 Å². The Labute approximate surface area is 156 Å². The van der Waals surface area contributed by atoms with Crippen LogP contribution in [-0.4, -0.2) is 24.9 Å². The maximum atomic E-state index is 13.1. The van der Waals surface area contributed by atoms with Gasteiger partial charge in [-0.2, -0.15) is 0 Å². The van der Waals surface area contributed by atoms with E-state index in [2.05, 4.69) is 22.8 Å². The Hall–Kier alpha value is -3.15. The number of fused-ring (bicyclic) bond motifs is 6. The molecule has 1 saturated heterocycles. The lowest BCUT2D eigenvalue weighted by atomic mass is 9.85. The molecule has 5 rings (SSSR count). The lowest BCUT2D eigenvalue weighted by Gasteiger charge is -2.20. The third-order valence-corrected chi connectivity index (χ3v) is 6.09. The van der Waals surface area contributed by atoms with E-state index in [1.165, 1.54) is 4.90 Å². The molecule has 2 fully saturated rings. The van der Waals surface area contributed by atoms with Crippen LogP contribution in [-0.2, 0) is 9.59 Å². The zero-order valence-electron chi connectivity index (χ0n) is 14.8. The molecule has 3 aliphatic rings. The molecule has 0 unspecified atom stereocenters. The molecule has 2 bridgehead atoms. The fourth-order valence-electron chi connectivity index (χ4n) is 4.91. The molecule has 0 radical (unpaired) electrons. The molecule has 2 aromatic carbocycles. The first-order chi connectivity index (χ1) is 13.1. The van der Waals surface area contributed by atoms with Gasteiger partial charge in [0.1, 0.15) is 0 Å². The molecule has 4 amide bonds. The van der Waals surface area contributed by atoms with E-state index in [1.807, 2.05) is 24.3 Å². The first-order valence-electron chi connectivity index (χ1n) is 9.17. The van der Waals surface area contributed by atoms with E-state index in [4.69, 9.17) is 0 Å². The zero-order valence-corrected chi connectivity index (χ0v) is 14.8. The molecule has 27 heavy (non-hydrogen) atoms. The van der Waals surface area contributed by atoms with Crippen molar-refractivity contribution < 1.29 is 14.4 Å². The summed E-state index contributed by atoms with van der Waals surface area (Å²) in [6.45, 7) is 0. The first-order valence-corrected chi connectivity index (χ1v) is 9.17. The number of anilines is 2. The Morgan fingerprint density at radius 1 is 0.963 bits per heavy atom. The van der Waals surface area contributed by atoms with E-state index < -0.39 is 0 Å². The van der Waals surface area contributed by atoms with Crippen molar-refractivity contribution in [2.24, 2.45) is 23.7 Å². The van der Waals surface area contributed by atoms with Crippen molar-refractivity contribution >= 4 is 40.0 Å². The van der Waals surface area contributed by atoms with Crippen molar-refractivity contribution in [2.75, 3.05) is 17.3 Å². The number of carbonyl (C=O) groups is 3. The molecule has 0 spiro atoms. The van der Waals surface area contributed by atoms with Gasteiger partial charge in [-0.25, -0.2) is 9.69 Å². The highest BCUT2D eigenvalue weighted by molar-refractivity contribution is 6.26. The Balaban J connectivity index is 1.60. The normalized spacial score (nSPS) is 28.1. The molecule has 1 aliphatic heterocycles. The molecule has 4 atom stereocenters. The van der Waals surface area contributed by atoms with Crippen LogP contribution >= 0.6 is 0 Å². The van der Waals surface area contributed by atoms with Crippen LogP contribution in [0.1, 0.15) is 6.42 Å². The Morgan fingerprint density at radius 3 is 2.22 bits per heavy atom. The van der Waals surface area contributed by atoms with Crippen LogP contribution in [0.25, 0.3) is 10.8 Å². The minimum absolute atomic E-state index is 0.0981. The lowest BCUT2D eigenvalue weighted by molar-refractivity contribution is -0.123. The summed E-state index contributed by atoms with van der Waals surface area (Å²) in [5.41, 5.74) is 1.23. The topological polar surface area (TPSA) is 78.5 Å². The summed E-state index contributed by atoms with van der Waals surface area (Å²) in [5.74, 6) is -0.285. The summed E-state index contributed by atoms with van der Waals surface area (Å²) in [5, 5.41) is 6.88. The van der Waals surface area contributed by atoms with Crippen molar-refractivity contribution in [3.8, 4) is 0 Å². The third kappa shape index (κ3) is 2.16. The maximum absolute atomic E-state index is 13.1. The Bertz CT molecular complexity index is 999. The second kappa shape index (κ2) is 5.67. The zero-order chi connectivity index (χ0) is 18.7. The van der Waals surface area contributed by atoms with Crippen LogP contribution in [0.5, 0.6) is 0 Å². The molecule has 6 nitrogen and oxygen atoms in total. The number of benzene rings is 2. The van der Waals surface area contributed by atoms with Gasteiger partial charge >= 0.3 is 6.03 Å². The van der Waals surface area contributed by atoms with Crippen molar-refractivity contribution in [3.63, 3.8) is 0 Å². The Morgan fingerprint density at radius 2 is 1.59 bits per heavy atom. The van der Waals surface area contributed by atoms with E-state index in [9.17, 15) is 14.4 Å². The highest BCUT2D eigenvalue weighted by atomic mass is 16.2. The van der Waals surface area contributed by atoms with Gasteiger partial charge in [-0.15, -0.1) is 0 Å². The molecule has 6 heteroatoms. The smallest absolute Gasteiger partial charge is 0.318 e. The molecule has 1 saturated carbocycles. The summed E-state index contributed by atoms with van der Waals surface area (Å²) in [6, 6.07) is 10.7. The van der Waals surface area contributed by atoms with Crippen molar-refractivity contribution in [1.29, 1.82) is 0 Å². The predicted molar refractivity (Wildman–Crippen MR) is 102 cm³/mol. The van der Waals surface area contributed by atoms with Crippen LogP contribution < -0.4 is 15.5 Å². The fourth-order valence-corrected chi connectivity index (χ4v) is 4.91. The lowest BCUT2D eigenvalue weighted by Crippen LogP contribution is -2.33. The molecule has 1 heterocycles. The monoisotopic (exact) mass is 361 g/mol. The van der Waals surface area contributed by atoms with Crippen LogP contribution in [0.15, 0.2) is 48.6 Å². The molecule has 0 aromatic heterocycles.